The van der Waals surface area contributed by atoms with Crippen molar-refractivity contribution in [2.75, 3.05) is 29.9 Å². The first-order valence-corrected chi connectivity index (χ1v) is 9.19. The Balaban J connectivity index is 1.45. The van der Waals surface area contributed by atoms with E-state index in [1.807, 2.05) is 42.3 Å². The Kier molecular flexibility index (Phi) is 4.85. The molecular weight excluding hydrogens is 356 g/mol. The standard InChI is InChI=1S/C21H20N4O3/c1-24(16-6-3-2-4-7-16)20(26)15-9-11-25(12-10-15)21-17(14-22)23-19(28-21)18-8-5-13-27-18/h2-8,13,15H,9-12H2,1H3. The van der Waals surface area contributed by atoms with E-state index in [-0.39, 0.29) is 17.5 Å². The zero-order chi connectivity index (χ0) is 19.5. The molecule has 142 valence electrons. The van der Waals surface area contributed by atoms with Crippen molar-refractivity contribution in [2.45, 2.75) is 12.8 Å². The maximum Gasteiger partial charge on any atom is 0.266 e. The number of carbonyl (C=O) groups is 1. The molecule has 0 unspecified atom stereocenters. The highest BCUT2D eigenvalue weighted by atomic mass is 16.4. The molecule has 2 aromatic heterocycles. The van der Waals surface area contributed by atoms with Gasteiger partial charge < -0.3 is 18.6 Å². The summed E-state index contributed by atoms with van der Waals surface area (Å²) in [7, 11) is 1.81. The van der Waals surface area contributed by atoms with E-state index in [9.17, 15) is 10.1 Å². The molecule has 0 bridgehead atoms. The van der Waals surface area contributed by atoms with Gasteiger partial charge in [-0.25, -0.2) is 0 Å². The number of benzene rings is 1. The van der Waals surface area contributed by atoms with Gasteiger partial charge in [-0.15, -0.1) is 0 Å². The number of furan rings is 1. The predicted octanol–water partition coefficient (Wildman–Crippen LogP) is 3.69. The van der Waals surface area contributed by atoms with Crippen molar-refractivity contribution in [3.8, 4) is 17.7 Å². The Morgan fingerprint density at radius 1 is 1.21 bits per heavy atom. The van der Waals surface area contributed by atoms with Crippen molar-refractivity contribution in [2.24, 2.45) is 5.92 Å². The molecule has 0 aliphatic carbocycles. The second kappa shape index (κ2) is 7.61. The number of hydrogen-bond donors (Lipinski definition) is 0. The van der Waals surface area contributed by atoms with Crippen LogP contribution in [0.1, 0.15) is 18.5 Å². The quantitative estimate of drug-likeness (QED) is 0.690. The van der Waals surface area contributed by atoms with E-state index in [0.29, 0.717) is 43.5 Å². The van der Waals surface area contributed by atoms with Gasteiger partial charge in [0.25, 0.3) is 5.89 Å². The molecule has 1 aliphatic rings. The summed E-state index contributed by atoms with van der Waals surface area (Å²) in [6.45, 7) is 1.25. The second-order valence-corrected chi connectivity index (χ2v) is 6.76. The summed E-state index contributed by atoms with van der Waals surface area (Å²) in [6.07, 6.45) is 2.92. The highest BCUT2D eigenvalue weighted by Gasteiger charge is 2.31. The lowest BCUT2D eigenvalue weighted by molar-refractivity contribution is -0.122. The average molecular weight is 376 g/mol. The molecule has 3 aromatic rings. The fourth-order valence-corrected chi connectivity index (χ4v) is 3.49. The van der Waals surface area contributed by atoms with Crippen molar-refractivity contribution in [3.63, 3.8) is 0 Å². The predicted molar refractivity (Wildman–Crippen MR) is 104 cm³/mol. The first-order chi connectivity index (χ1) is 13.7. The average Bonchev–Trinajstić information content (AvgIpc) is 3.43. The molecule has 1 aromatic carbocycles. The van der Waals surface area contributed by atoms with Crippen LogP contribution in [0, 0.1) is 17.2 Å². The normalized spacial score (nSPS) is 14.6. The Labute approximate surface area is 162 Å². The van der Waals surface area contributed by atoms with Crippen LogP contribution in [0.5, 0.6) is 0 Å². The lowest BCUT2D eigenvalue weighted by atomic mass is 9.95. The van der Waals surface area contributed by atoms with Gasteiger partial charge in [-0.2, -0.15) is 10.2 Å². The first-order valence-electron chi connectivity index (χ1n) is 9.19. The topological polar surface area (TPSA) is 86.5 Å². The number of nitrogens with zero attached hydrogens (tertiary/aromatic N) is 4. The van der Waals surface area contributed by atoms with Crippen LogP contribution in [-0.2, 0) is 4.79 Å². The van der Waals surface area contributed by atoms with Crippen LogP contribution in [-0.4, -0.2) is 31.0 Å². The lowest BCUT2D eigenvalue weighted by Crippen LogP contribution is -2.41. The lowest BCUT2D eigenvalue weighted by Gasteiger charge is -2.33. The van der Waals surface area contributed by atoms with Gasteiger partial charge in [-0.05, 0) is 37.1 Å². The van der Waals surface area contributed by atoms with Gasteiger partial charge in [-0.3, -0.25) is 4.79 Å². The molecule has 0 radical (unpaired) electrons. The molecule has 28 heavy (non-hydrogen) atoms. The number of piperidine rings is 1. The Morgan fingerprint density at radius 3 is 2.61 bits per heavy atom. The van der Waals surface area contributed by atoms with Crippen molar-refractivity contribution in [3.05, 3.63) is 54.4 Å². The van der Waals surface area contributed by atoms with Crippen molar-refractivity contribution < 1.29 is 13.6 Å². The van der Waals surface area contributed by atoms with Crippen LogP contribution < -0.4 is 9.80 Å². The van der Waals surface area contributed by atoms with E-state index < -0.39 is 0 Å². The van der Waals surface area contributed by atoms with Crippen LogP contribution >= 0.6 is 0 Å². The third-order valence-corrected chi connectivity index (χ3v) is 5.05. The summed E-state index contributed by atoms with van der Waals surface area (Å²) >= 11 is 0. The number of para-hydroxylation sites is 1. The molecule has 1 aliphatic heterocycles. The van der Waals surface area contributed by atoms with Crippen molar-refractivity contribution in [1.29, 1.82) is 5.26 Å². The number of aromatic nitrogens is 1. The summed E-state index contributed by atoms with van der Waals surface area (Å²) in [5.74, 6) is 1.27. The minimum absolute atomic E-state index is 0.0561. The van der Waals surface area contributed by atoms with Crippen LogP contribution in [0.3, 0.4) is 0 Å². The number of hydrogen-bond acceptors (Lipinski definition) is 6. The summed E-state index contributed by atoms with van der Waals surface area (Å²) in [4.78, 5) is 20.8. The van der Waals surface area contributed by atoms with Crippen molar-refractivity contribution in [1.82, 2.24) is 4.98 Å². The van der Waals surface area contributed by atoms with Crippen molar-refractivity contribution >= 4 is 17.5 Å². The zero-order valence-corrected chi connectivity index (χ0v) is 15.5. The molecule has 1 saturated heterocycles. The monoisotopic (exact) mass is 376 g/mol. The van der Waals surface area contributed by atoms with Gasteiger partial charge >= 0.3 is 0 Å². The molecule has 0 N–H and O–H groups in total. The maximum absolute atomic E-state index is 12.8. The molecule has 3 heterocycles. The highest BCUT2D eigenvalue weighted by Crippen LogP contribution is 2.32. The number of oxazole rings is 1. The van der Waals surface area contributed by atoms with E-state index in [0.717, 1.165) is 5.69 Å². The van der Waals surface area contributed by atoms with E-state index in [1.54, 1.807) is 17.0 Å². The van der Waals surface area contributed by atoms with Gasteiger partial charge in [0.05, 0.1) is 6.26 Å². The molecule has 7 nitrogen and oxygen atoms in total. The molecule has 4 rings (SSSR count). The highest BCUT2D eigenvalue weighted by molar-refractivity contribution is 5.94. The fourth-order valence-electron chi connectivity index (χ4n) is 3.49. The zero-order valence-electron chi connectivity index (χ0n) is 15.5. The van der Waals surface area contributed by atoms with E-state index in [2.05, 4.69) is 11.1 Å². The van der Waals surface area contributed by atoms with Gasteiger partial charge in [0.2, 0.25) is 17.5 Å². The third-order valence-electron chi connectivity index (χ3n) is 5.05. The third kappa shape index (κ3) is 3.37. The molecular formula is C21H20N4O3. The van der Waals surface area contributed by atoms with Gasteiger partial charge in [0, 0.05) is 31.7 Å². The van der Waals surface area contributed by atoms with Crippen LogP contribution in [0.25, 0.3) is 11.7 Å². The largest absolute Gasteiger partial charge is 0.459 e. The fraction of sp³-hybridized carbons (Fsp3) is 0.286. The van der Waals surface area contributed by atoms with Gasteiger partial charge in [-0.1, -0.05) is 18.2 Å². The van der Waals surface area contributed by atoms with Crippen LogP contribution in [0.4, 0.5) is 11.6 Å². The molecule has 7 heteroatoms. The van der Waals surface area contributed by atoms with Gasteiger partial charge in [0.15, 0.2) is 5.76 Å². The number of rotatable bonds is 4. The van der Waals surface area contributed by atoms with E-state index in [1.165, 1.54) is 6.26 Å². The minimum Gasteiger partial charge on any atom is -0.459 e. The molecule has 0 atom stereocenters. The second-order valence-electron chi connectivity index (χ2n) is 6.76. The van der Waals surface area contributed by atoms with Gasteiger partial charge in [0.1, 0.15) is 6.07 Å². The molecule has 0 spiro atoms. The SMILES string of the molecule is CN(C(=O)C1CCN(c2oc(-c3ccco3)nc2C#N)CC1)c1ccccc1. The molecule has 0 saturated carbocycles. The molecule has 1 fully saturated rings. The maximum atomic E-state index is 12.8. The summed E-state index contributed by atoms with van der Waals surface area (Å²) in [6, 6.07) is 15.2. The summed E-state index contributed by atoms with van der Waals surface area (Å²) in [5, 5.41) is 9.41. The first kappa shape index (κ1) is 17.9. The van der Waals surface area contributed by atoms with E-state index in [4.69, 9.17) is 8.83 Å². The van der Waals surface area contributed by atoms with Crippen LogP contribution in [0.2, 0.25) is 0 Å². The van der Waals surface area contributed by atoms with E-state index >= 15 is 0 Å². The summed E-state index contributed by atoms with van der Waals surface area (Å²) in [5.41, 5.74) is 1.12. The molecule has 1 amide bonds. The number of nitriles is 1. The Bertz CT molecular complexity index is 981. The number of amides is 1. The smallest absolute Gasteiger partial charge is 0.266 e. The minimum atomic E-state index is -0.0561. The Hall–Kier alpha value is -3.53. The van der Waals surface area contributed by atoms with Crippen LogP contribution in [0.15, 0.2) is 57.6 Å². The number of anilines is 2. The Morgan fingerprint density at radius 2 is 1.96 bits per heavy atom. The summed E-state index contributed by atoms with van der Waals surface area (Å²) < 4.78 is 11.1. The number of carbonyl (C=O) groups excluding carboxylic acids is 1.